The van der Waals surface area contributed by atoms with E-state index in [1.807, 2.05) is 32.0 Å². The number of amides is 1. The standard InChI is InChI=1S/C13H16N4O/c1-8-13(9(2)17-16-8)15-12(18)7-10-5-3-4-6-11(10)14/h3-6H,7,14H2,1-2H3,(H,15,18)(H,16,17). The predicted octanol–water partition coefficient (Wildman–Crippen LogP) is 1.79. The number of aromatic nitrogens is 2. The van der Waals surface area contributed by atoms with Gasteiger partial charge in [0, 0.05) is 5.69 Å². The molecule has 5 heteroatoms. The predicted molar refractivity (Wildman–Crippen MR) is 71.2 cm³/mol. The largest absolute Gasteiger partial charge is 0.398 e. The van der Waals surface area contributed by atoms with E-state index in [1.54, 1.807) is 6.07 Å². The second kappa shape index (κ2) is 4.91. The van der Waals surface area contributed by atoms with Crippen LogP contribution in [-0.2, 0) is 11.2 Å². The summed E-state index contributed by atoms with van der Waals surface area (Å²) in [5.41, 5.74) is 9.64. The summed E-state index contributed by atoms with van der Waals surface area (Å²) >= 11 is 0. The molecule has 2 rings (SSSR count). The number of anilines is 2. The third-order valence-corrected chi connectivity index (χ3v) is 2.80. The fraction of sp³-hybridized carbons (Fsp3) is 0.231. The molecule has 0 atom stereocenters. The molecular weight excluding hydrogens is 228 g/mol. The summed E-state index contributed by atoms with van der Waals surface area (Å²) in [6.45, 7) is 3.71. The molecule has 0 saturated carbocycles. The van der Waals surface area contributed by atoms with E-state index >= 15 is 0 Å². The summed E-state index contributed by atoms with van der Waals surface area (Å²) in [6.07, 6.45) is 0.261. The number of nitrogen functional groups attached to an aromatic ring is 1. The number of aryl methyl sites for hydroxylation is 2. The van der Waals surface area contributed by atoms with Crippen molar-refractivity contribution in [3.63, 3.8) is 0 Å². The van der Waals surface area contributed by atoms with Crippen LogP contribution in [0.25, 0.3) is 0 Å². The molecule has 4 N–H and O–H groups in total. The van der Waals surface area contributed by atoms with Crippen LogP contribution in [0, 0.1) is 13.8 Å². The minimum absolute atomic E-state index is 0.0968. The van der Waals surface area contributed by atoms with Gasteiger partial charge in [0.1, 0.15) is 0 Å². The maximum atomic E-state index is 11.9. The zero-order valence-corrected chi connectivity index (χ0v) is 10.4. The van der Waals surface area contributed by atoms with Crippen molar-refractivity contribution in [2.45, 2.75) is 20.3 Å². The van der Waals surface area contributed by atoms with Crippen LogP contribution in [0.1, 0.15) is 17.0 Å². The zero-order chi connectivity index (χ0) is 13.1. The molecule has 0 saturated heterocycles. The number of H-pyrrole nitrogens is 1. The van der Waals surface area contributed by atoms with Gasteiger partial charge >= 0.3 is 0 Å². The first-order valence-corrected chi connectivity index (χ1v) is 5.72. The minimum Gasteiger partial charge on any atom is -0.398 e. The lowest BCUT2D eigenvalue weighted by Gasteiger charge is -2.07. The summed E-state index contributed by atoms with van der Waals surface area (Å²) in [4.78, 5) is 11.9. The normalized spacial score (nSPS) is 10.3. The van der Waals surface area contributed by atoms with Gasteiger partial charge in [-0.1, -0.05) is 18.2 Å². The number of para-hydroxylation sites is 1. The van der Waals surface area contributed by atoms with E-state index in [9.17, 15) is 4.79 Å². The minimum atomic E-state index is -0.0968. The molecule has 1 aromatic carbocycles. The van der Waals surface area contributed by atoms with Crippen LogP contribution in [-0.4, -0.2) is 16.1 Å². The summed E-state index contributed by atoms with van der Waals surface area (Å²) < 4.78 is 0. The Bertz CT molecular complexity index is 555. The molecule has 0 bridgehead atoms. The topological polar surface area (TPSA) is 83.8 Å². The van der Waals surface area contributed by atoms with Crippen LogP contribution >= 0.6 is 0 Å². The third kappa shape index (κ3) is 2.51. The third-order valence-electron chi connectivity index (χ3n) is 2.80. The highest BCUT2D eigenvalue weighted by Gasteiger charge is 2.11. The van der Waals surface area contributed by atoms with Gasteiger partial charge in [-0.05, 0) is 25.5 Å². The van der Waals surface area contributed by atoms with Gasteiger partial charge in [0.15, 0.2) is 0 Å². The van der Waals surface area contributed by atoms with Crippen LogP contribution in [0.2, 0.25) is 0 Å². The molecule has 0 aliphatic rings. The van der Waals surface area contributed by atoms with Crippen molar-refractivity contribution in [3.05, 3.63) is 41.2 Å². The average molecular weight is 244 g/mol. The molecule has 1 aromatic heterocycles. The van der Waals surface area contributed by atoms with Crippen LogP contribution in [0.3, 0.4) is 0 Å². The molecule has 5 nitrogen and oxygen atoms in total. The molecule has 0 spiro atoms. The number of nitrogens with two attached hydrogens (primary N) is 1. The van der Waals surface area contributed by atoms with E-state index in [1.165, 1.54) is 0 Å². The van der Waals surface area contributed by atoms with Crippen molar-refractivity contribution in [1.29, 1.82) is 0 Å². The molecule has 94 valence electrons. The van der Waals surface area contributed by atoms with Crippen LogP contribution in [0.15, 0.2) is 24.3 Å². The number of aromatic amines is 1. The maximum absolute atomic E-state index is 11.9. The van der Waals surface area contributed by atoms with Crippen molar-refractivity contribution in [3.8, 4) is 0 Å². The van der Waals surface area contributed by atoms with Crippen molar-refractivity contribution in [2.24, 2.45) is 0 Å². The van der Waals surface area contributed by atoms with Gasteiger partial charge in [0.2, 0.25) is 5.91 Å². The fourth-order valence-corrected chi connectivity index (χ4v) is 1.79. The van der Waals surface area contributed by atoms with Gasteiger partial charge in [0.05, 0.1) is 23.5 Å². The van der Waals surface area contributed by atoms with Crippen molar-refractivity contribution in [2.75, 3.05) is 11.1 Å². The van der Waals surface area contributed by atoms with E-state index in [2.05, 4.69) is 15.5 Å². The zero-order valence-electron chi connectivity index (χ0n) is 10.4. The van der Waals surface area contributed by atoms with Gasteiger partial charge < -0.3 is 11.1 Å². The van der Waals surface area contributed by atoms with Crippen molar-refractivity contribution >= 4 is 17.3 Å². The molecule has 1 amide bonds. The van der Waals surface area contributed by atoms with Crippen molar-refractivity contribution < 1.29 is 4.79 Å². The number of nitrogens with zero attached hydrogens (tertiary/aromatic N) is 1. The Hall–Kier alpha value is -2.30. The first-order valence-electron chi connectivity index (χ1n) is 5.72. The highest BCUT2D eigenvalue weighted by Crippen LogP contribution is 2.17. The Morgan fingerprint density at radius 1 is 1.39 bits per heavy atom. The lowest BCUT2D eigenvalue weighted by molar-refractivity contribution is -0.115. The van der Waals surface area contributed by atoms with E-state index in [-0.39, 0.29) is 12.3 Å². The summed E-state index contributed by atoms with van der Waals surface area (Å²) in [7, 11) is 0. The van der Waals surface area contributed by atoms with Gasteiger partial charge in [-0.3, -0.25) is 9.89 Å². The summed E-state index contributed by atoms with van der Waals surface area (Å²) in [6, 6.07) is 7.36. The molecule has 0 radical (unpaired) electrons. The Labute approximate surface area is 105 Å². The molecule has 0 fully saturated rings. The molecule has 0 unspecified atom stereocenters. The molecule has 0 aliphatic heterocycles. The lowest BCUT2D eigenvalue weighted by atomic mass is 10.1. The van der Waals surface area contributed by atoms with Crippen LogP contribution < -0.4 is 11.1 Å². The number of rotatable bonds is 3. The number of carbonyl (C=O) groups excluding carboxylic acids is 1. The highest BCUT2D eigenvalue weighted by atomic mass is 16.1. The monoisotopic (exact) mass is 244 g/mol. The smallest absolute Gasteiger partial charge is 0.228 e. The molecule has 1 heterocycles. The Morgan fingerprint density at radius 3 is 2.72 bits per heavy atom. The Balaban J connectivity index is 2.08. The van der Waals surface area contributed by atoms with E-state index in [0.717, 1.165) is 22.6 Å². The first kappa shape index (κ1) is 12.2. The van der Waals surface area contributed by atoms with Crippen LogP contribution in [0.5, 0.6) is 0 Å². The summed E-state index contributed by atoms with van der Waals surface area (Å²) in [5, 5.41) is 9.70. The maximum Gasteiger partial charge on any atom is 0.228 e. The second-order valence-electron chi connectivity index (χ2n) is 4.23. The molecule has 18 heavy (non-hydrogen) atoms. The lowest BCUT2D eigenvalue weighted by Crippen LogP contribution is -2.16. The SMILES string of the molecule is Cc1n[nH]c(C)c1NC(=O)Cc1ccccc1N. The van der Waals surface area contributed by atoms with Gasteiger partial charge in [-0.15, -0.1) is 0 Å². The number of carbonyl (C=O) groups is 1. The number of benzene rings is 1. The van der Waals surface area contributed by atoms with Gasteiger partial charge in [-0.25, -0.2) is 0 Å². The molecule has 2 aromatic rings. The average Bonchev–Trinajstić information content (AvgIpc) is 2.64. The number of nitrogens with one attached hydrogen (secondary N) is 2. The number of hydrogen-bond donors (Lipinski definition) is 3. The van der Waals surface area contributed by atoms with Crippen molar-refractivity contribution in [1.82, 2.24) is 10.2 Å². The van der Waals surface area contributed by atoms with E-state index < -0.39 is 0 Å². The molecular formula is C13H16N4O. The molecule has 0 aliphatic carbocycles. The van der Waals surface area contributed by atoms with Gasteiger partial charge in [-0.2, -0.15) is 5.10 Å². The number of hydrogen-bond acceptors (Lipinski definition) is 3. The van der Waals surface area contributed by atoms with Crippen LogP contribution in [0.4, 0.5) is 11.4 Å². The second-order valence-corrected chi connectivity index (χ2v) is 4.23. The van der Waals surface area contributed by atoms with E-state index in [4.69, 9.17) is 5.73 Å². The van der Waals surface area contributed by atoms with E-state index in [0.29, 0.717) is 5.69 Å². The van der Waals surface area contributed by atoms with Gasteiger partial charge in [0.25, 0.3) is 0 Å². The first-order chi connectivity index (χ1) is 8.58. The fourth-order valence-electron chi connectivity index (χ4n) is 1.79. The Morgan fingerprint density at radius 2 is 2.11 bits per heavy atom. The summed E-state index contributed by atoms with van der Waals surface area (Å²) in [5.74, 6) is -0.0968. The quantitative estimate of drug-likeness (QED) is 0.720. The highest BCUT2D eigenvalue weighted by molar-refractivity contribution is 5.93. The Kier molecular flexibility index (Phi) is 3.32.